The number of anilines is 1. The second-order valence-electron chi connectivity index (χ2n) is 5.91. The molecule has 0 fully saturated rings. The van der Waals surface area contributed by atoms with Gasteiger partial charge in [0, 0.05) is 22.6 Å². The quantitative estimate of drug-likeness (QED) is 0.556. The van der Waals surface area contributed by atoms with Gasteiger partial charge in [0.1, 0.15) is 11.5 Å². The molecular formula is C22H20BrNO3. The molecule has 0 aliphatic carbocycles. The Bertz CT molecular complexity index is 912. The SMILES string of the molecule is COc1cccc(NC(=O)c2cc(Br)ccc2OCCc2ccccc2)c1. The highest BCUT2D eigenvalue weighted by Crippen LogP contribution is 2.25. The smallest absolute Gasteiger partial charge is 0.259 e. The molecule has 0 unspecified atom stereocenters. The molecule has 0 radical (unpaired) electrons. The van der Waals surface area contributed by atoms with E-state index in [1.807, 2.05) is 42.5 Å². The standard InChI is InChI=1S/C22H20BrNO3/c1-26-19-9-5-8-18(15-19)24-22(25)20-14-17(23)10-11-21(20)27-13-12-16-6-3-2-4-7-16/h2-11,14-15H,12-13H2,1H3,(H,24,25). The fourth-order valence-electron chi connectivity index (χ4n) is 2.63. The van der Waals surface area contributed by atoms with Gasteiger partial charge in [-0.25, -0.2) is 0 Å². The monoisotopic (exact) mass is 425 g/mol. The van der Waals surface area contributed by atoms with E-state index in [-0.39, 0.29) is 5.91 Å². The van der Waals surface area contributed by atoms with E-state index in [4.69, 9.17) is 9.47 Å². The molecule has 138 valence electrons. The molecule has 0 heterocycles. The van der Waals surface area contributed by atoms with Crippen LogP contribution < -0.4 is 14.8 Å². The zero-order valence-electron chi connectivity index (χ0n) is 14.9. The molecule has 0 bridgehead atoms. The summed E-state index contributed by atoms with van der Waals surface area (Å²) in [5.41, 5.74) is 2.33. The zero-order valence-corrected chi connectivity index (χ0v) is 16.5. The Labute approximate surface area is 167 Å². The maximum atomic E-state index is 12.8. The molecule has 0 aromatic heterocycles. The van der Waals surface area contributed by atoms with E-state index in [9.17, 15) is 4.79 Å². The summed E-state index contributed by atoms with van der Waals surface area (Å²) in [6, 6.07) is 22.8. The molecule has 1 N–H and O–H groups in total. The number of nitrogens with one attached hydrogen (secondary N) is 1. The van der Waals surface area contributed by atoms with Crippen molar-refractivity contribution in [3.8, 4) is 11.5 Å². The Hall–Kier alpha value is -2.79. The highest BCUT2D eigenvalue weighted by atomic mass is 79.9. The number of hydrogen-bond acceptors (Lipinski definition) is 3. The first-order chi connectivity index (χ1) is 13.2. The summed E-state index contributed by atoms with van der Waals surface area (Å²) in [7, 11) is 1.59. The van der Waals surface area contributed by atoms with E-state index < -0.39 is 0 Å². The summed E-state index contributed by atoms with van der Waals surface area (Å²) >= 11 is 3.42. The summed E-state index contributed by atoms with van der Waals surface area (Å²) in [4.78, 5) is 12.8. The molecule has 0 saturated carbocycles. The number of carbonyl (C=O) groups is 1. The number of methoxy groups -OCH3 is 1. The Morgan fingerprint density at radius 3 is 2.59 bits per heavy atom. The van der Waals surface area contributed by atoms with Crippen LogP contribution in [-0.4, -0.2) is 19.6 Å². The molecular weight excluding hydrogens is 406 g/mol. The Morgan fingerprint density at radius 1 is 1.00 bits per heavy atom. The maximum absolute atomic E-state index is 12.8. The van der Waals surface area contributed by atoms with Gasteiger partial charge >= 0.3 is 0 Å². The molecule has 1 amide bonds. The predicted molar refractivity (Wildman–Crippen MR) is 111 cm³/mol. The summed E-state index contributed by atoms with van der Waals surface area (Å²) < 4.78 is 11.9. The first-order valence-electron chi connectivity index (χ1n) is 8.57. The van der Waals surface area contributed by atoms with Crippen molar-refractivity contribution in [3.63, 3.8) is 0 Å². The maximum Gasteiger partial charge on any atom is 0.259 e. The number of halogens is 1. The molecule has 0 saturated heterocycles. The summed E-state index contributed by atoms with van der Waals surface area (Å²) in [6.45, 7) is 0.491. The molecule has 0 atom stereocenters. The minimum absolute atomic E-state index is 0.237. The van der Waals surface area contributed by atoms with Crippen LogP contribution in [0.3, 0.4) is 0 Å². The van der Waals surface area contributed by atoms with E-state index in [0.29, 0.717) is 29.4 Å². The molecule has 0 aliphatic heterocycles. The van der Waals surface area contributed by atoms with E-state index >= 15 is 0 Å². The Balaban J connectivity index is 1.71. The van der Waals surface area contributed by atoms with Gasteiger partial charge < -0.3 is 14.8 Å². The van der Waals surface area contributed by atoms with Gasteiger partial charge in [-0.05, 0) is 35.9 Å². The molecule has 0 aliphatic rings. The van der Waals surface area contributed by atoms with Crippen LogP contribution in [0.1, 0.15) is 15.9 Å². The van der Waals surface area contributed by atoms with Crippen molar-refractivity contribution >= 4 is 27.5 Å². The van der Waals surface area contributed by atoms with Crippen molar-refractivity contribution in [2.24, 2.45) is 0 Å². The van der Waals surface area contributed by atoms with Crippen LogP contribution >= 0.6 is 15.9 Å². The summed E-state index contributed by atoms with van der Waals surface area (Å²) in [5, 5.41) is 2.89. The van der Waals surface area contributed by atoms with E-state index in [0.717, 1.165) is 10.9 Å². The van der Waals surface area contributed by atoms with Crippen LogP contribution in [0, 0.1) is 0 Å². The number of hydrogen-bond donors (Lipinski definition) is 1. The topological polar surface area (TPSA) is 47.6 Å². The fraction of sp³-hybridized carbons (Fsp3) is 0.136. The minimum atomic E-state index is -0.237. The third kappa shape index (κ3) is 5.34. The zero-order chi connectivity index (χ0) is 19.1. The van der Waals surface area contributed by atoms with E-state index in [2.05, 4.69) is 33.4 Å². The van der Waals surface area contributed by atoms with Crippen LogP contribution in [0.2, 0.25) is 0 Å². The second-order valence-corrected chi connectivity index (χ2v) is 6.83. The first-order valence-corrected chi connectivity index (χ1v) is 9.36. The average Bonchev–Trinajstić information content (AvgIpc) is 2.70. The summed E-state index contributed by atoms with van der Waals surface area (Å²) in [6.07, 6.45) is 0.772. The molecule has 4 nitrogen and oxygen atoms in total. The van der Waals surface area contributed by atoms with Crippen LogP contribution in [0.5, 0.6) is 11.5 Å². The number of amides is 1. The van der Waals surface area contributed by atoms with Gasteiger partial charge in [0.2, 0.25) is 0 Å². The normalized spacial score (nSPS) is 10.3. The van der Waals surface area contributed by atoms with Crippen molar-refractivity contribution in [3.05, 3.63) is 88.4 Å². The van der Waals surface area contributed by atoms with Gasteiger partial charge in [0.25, 0.3) is 5.91 Å². The number of ether oxygens (including phenoxy) is 2. The van der Waals surface area contributed by atoms with Gasteiger partial charge in [-0.2, -0.15) is 0 Å². The molecule has 27 heavy (non-hydrogen) atoms. The highest BCUT2D eigenvalue weighted by Gasteiger charge is 2.14. The van der Waals surface area contributed by atoms with Crippen LogP contribution in [0.25, 0.3) is 0 Å². The number of carbonyl (C=O) groups excluding carboxylic acids is 1. The molecule has 3 aromatic carbocycles. The van der Waals surface area contributed by atoms with Gasteiger partial charge in [0.15, 0.2) is 0 Å². The number of benzene rings is 3. The first kappa shape index (κ1) is 19.0. The number of rotatable bonds is 7. The lowest BCUT2D eigenvalue weighted by atomic mass is 10.1. The van der Waals surface area contributed by atoms with Gasteiger partial charge in [-0.3, -0.25) is 4.79 Å². The Kier molecular flexibility index (Phi) is 6.49. The molecule has 5 heteroatoms. The molecule has 0 spiro atoms. The average molecular weight is 426 g/mol. The highest BCUT2D eigenvalue weighted by molar-refractivity contribution is 9.10. The lowest BCUT2D eigenvalue weighted by Gasteiger charge is -2.13. The largest absolute Gasteiger partial charge is 0.497 e. The lowest BCUT2D eigenvalue weighted by molar-refractivity contribution is 0.102. The Morgan fingerprint density at radius 2 is 1.81 bits per heavy atom. The fourth-order valence-corrected chi connectivity index (χ4v) is 2.99. The van der Waals surface area contributed by atoms with E-state index in [1.165, 1.54) is 5.56 Å². The van der Waals surface area contributed by atoms with Gasteiger partial charge in [-0.15, -0.1) is 0 Å². The van der Waals surface area contributed by atoms with Crippen LogP contribution in [0.4, 0.5) is 5.69 Å². The third-order valence-corrected chi connectivity index (χ3v) is 4.50. The van der Waals surface area contributed by atoms with E-state index in [1.54, 1.807) is 25.3 Å². The lowest BCUT2D eigenvalue weighted by Crippen LogP contribution is -2.14. The van der Waals surface area contributed by atoms with Crippen molar-refractivity contribution in [2.75, 3.05) is 19.0 Å². The van der Waals surface area contributed by atoms with Crippen molar-refractivity contribution in [1.29, 1.82) is 0 Å². The molecule has 3 aromatic rings. The van der Waals surface area contributed by atoms with Crippen molar-refractivity contribution in [1.82, 2.24) is 0 Å². The molecule has 3 rings (SSSR count). The minimum Gasteiger partial charge on any atom is -0.497 e. The van der Waals surface area contributed by atoms with Crippen LogP contribution in [0.15, 0.2) is 77.3 Å². The third-order valence-electron chi connectivity index (χ3n) is 4.00. The second kappa shape index (κ2) is 9.24. The van der Waals surface area contributed by atoms with Gasteiger partial charge in [-0.1, -0.05) is 52.3 Å². The summed E-state index contributed by atoms with van der Waals surface area (Å²) in [5.74, 6) is 0.996. The van der Waals surface area contributed by atoms with Crippen LogP contribution in [-0.2, 0) is 6.42 Å². The van der Waals surface area contributed by atoms with Crippen molar-refractivity contribution in [2.45, 2.75) is 6.42 Å². The van der Waals surface area contributed by atoms with Gasteiger partial charge in [0.05, 0.1) is 19.3 Å². The predicted octanol–water partition coefficient (Wildman–Crippen LogP) is 5.33. The van der Waals surface area contributed by atoms with Crippen molar-refractivity contribution < 1.29 is 14.3 Å².